The normalized spacial score (nSPS) is 10.6. The van der Waals surface area contributed by atoms with E-state index in [1.807, 2.05) is 41.8 Å². The third-order valence-corrected chi connectivity index (χ3v) is 4.52. The monoisotopic (exact) mass is 357 g/mol. The molecular formula is C18H19N3O3S. The fraction of sp³-hybridized carbons (Fsp3) is 0.278. The Hall–Kier alpha value is -2.67. The maximum absolute atomic E-state index is 11.9. The molecule has 2 aromatic heterocycles. The van der Waals surface area contributed by atoms with Gasteiger partial charge in [0, 0.05) is 19.4 Å². The molecule has 0 atom stereocenters. The van der Waals surface area contributed by atoms with Gasteiger partial charge in [0.05, 0.1) is 12.0 Å². The van der Waals surface area contributed by atoms with Crippen molar-refractivity contribution in [2.24, 2.45) is 0 Å². The van der Waals surface area contributed by atoms with Crippen LogP contribution in [0.4, 0.5) is 0 Å². The molecule has 0 aliphatic carbocycles. The summed E-state index contributed by atoms with van der Waals surface area (Å²) in [7, 11) is 1.63. The SMILES string of the molecule is COc1ccc(CCC(=O)NCCc2nnc(-c3cccs3)o2)cc1. The fourth-order valence-electron chi connectivity index (χ4n) is 2.30. The van der Waals surface area contributed by atoms with Crippen LogP contribution in [0.3, 0.4) is 0 Å². The topological polar surface area (TPSA) is 77.2 Å². The molecule has 1 aromatic carbocycles. The molecule has 1 amide bonds. The Kier molecular flexibility index (Phi) is 5.79. The molecule has 0 spiro atoms. The van der Waals surface area contributed by atoms with E-state index >= 15 is 0 Å². The summed E-state index contributed by atoms with van der Waals surface area (Å²) < 4.78 is 10.7. The number of ether oxygens (including phenoxy) is 1. The Morgan fingerprint density at radius 3 is 2.76 bits per heavy atom. The lowest BCUT2D eigenvalue weighted by Crippen LogP contribution is -2.25. The van der Waals surface area contributed by atoms with Gasteiger partial charge in [-0.15, -0.1) is 21.5 Å². The van der Waals surface area contributed by atoms with Crippen LogP contribution in [0.25, 0.3) is 10.8 Å². The van der Waals surface area contributed by atoms with E-state index in [0.29, 0.717) is 37.6 Å². The molecule has 130 valence electrons. The third-order valence-electron chi connectivity index (χ3n) is 3.66. The van der Waals surface area contributed by atoms with Gasteiger partial charge in [-0.2, -0.15) is 0 Å². The van der Waals surface area contributed by atoms with E-state index < -0.39 is 0 Å². The quantitative estimate of drug-likeness (QED) is 0.670. The van der Waals surface area contributed by atoms with Gasteiger partial charge in [0.25, 0.3) is 5.89 Å². The summed E-state index contributed by atoms with van der Waals surface area (Å²) in [5, 5.41) is 12.9. The van der Waals surface area contributed by atoms with E-state index in [1.165, 1.54) is 0 Å². The molecule has 6 nitrogen and oxygen atoms in total. The van der Waals surface area contributed by atoms with Crippen molar-refractivity contribution < 1.29 is 13.9 Å². The van der Waals surface area contributed by atoms with Gasteiger partial charge >= 0.3 is 0 Å². The van der Waals surface area contributed by atoms with Gasteiger partial charge in [0.15, 0.2) is 0 Å². The van der Waals surface area contributed by atoms with Crippen molar-refractivity contribution in [1.82, 2.24) is 15.5 Å². The number of nitrogens with zero attached hydrogens (tertiary/aromatic N) is 2. The molecule has 0 bridgehead atoms. The minimum Gasteiger partial charge on any atom is -0.497 e. The second-order valence-corrected chi connectivity index (χ2v) is 6.37. The lowest BCUT2D eigenvalue weighted by molar-refractivity contribution is -0.121. The maximum Gasteiger partial charge on any atom is 0.257 e. The molecule has 0 saturated heterocycles. The molecule has 3 aromatic rings. The van der Waals surface area contributed by atoms with Crippen LogP contribution in [-0.2, 0) is 17.6 Å². The molecular weight excluding hydrogens is 338 g/mol. The van der Waals surface area contributed by atoms with Crippen molar-refractivity contribution in [3.05, 3.63) is 53.2 Å². The highest BCUT2D eigenvalue weighted by Gasteiger charge is 2.09. The molecule has 1 N–H and O–H groups in total. The summed E-state index contributed by atoms with van der Waals surface area (Å²) in [6.45, 7) is 0.480. The van der Waals surface area contributed by atoms with Gasteiger partial charge in [-0.3, -0.25) is 4.79 Å². The highest BCUT2D eigenvalue weighted by Crippen LogP contribution is 2.22. The number of aromatic nitrogens is 2. The number of carbonyl (C=O) groups is 1. The number of carbonyl (C=O) groups excluding carboxylic acids is 1. The van der Waals surface area contributed by atoms with Crippen molar-refractivity contribution >= 4 is 17.2 Å². The highest BCUT2D eigenvalue weighted by atomic mass is 32.1. The molecule has 25 heavy (non-hydrogen) atoms. The lowest BCUT2D eigenvalue weighted by atomic mass is 10.1. The number of aryl methyl sites for hydroxylation is 1. The molecule has 2 heterocycles. The molecule has 0 aliphatic heterocycles. The van der Waals surface area contributed by atoms with Crippen LogP contribution in [0, 0.1) is 0 Å². The first-order valence-electron chi connectivity index (χ1n) is 8.00. The Morgan fingerprint density at radius 2 is 2.04 bits per heavy atom. The number of thiophene rings is 1. The average molecular weight is 357 g/mol. The first-order valence-corrected chi connectivity index (χ1v) is 8.88. The second-order valence-electron chi connectivity index (χ2n) is 5.43. The zero-order valence-electron chi connectivity index (χ0n) is 13.9. The number of hydrogen-bond acceptors (Lipinski definition) is 6. The summed E-state index contributed by atoms with van der Waals surface area (Å²) in [4.78, 5) is 12.9. The van der Waals surface area contributed by atoms with Gasteiger partial charge in [-0.25, -0.2) is 0 Å². The van der Waals surface area contributed by atoms with Crippen LogP contribution in [0.5, 0.6) is 5.75 Å². The van der Waals surface area contributed by atoms with Crippen LogP contribution in [0.2, 0.25) is 0 Å². The zero-order chi connectivity index (χ0) is 17.5. The van der Waals surface area contributed by atoms with Crippen molar-refractivity contribution in [2.45, 2.75) is 19.3 Å². The van der Waals surface area contributed by atoms with E-state index in [2.05, 4.69) is 15.5 Å². The molecule has 0 fully saturated rings. The minimum absolute atomic E-state index is 0.00816. The Balaban J connectivity index is 1.39. The Morgan fingerprint density at radius 1 is 1.20 bits per heavy atom. The van der Waals surface area contributed by atoms with E-state index in [-0.39, 0.29) is 5.91 Å². The molecule has 0 radical (unpaired) electrons. The fourth-order valence-corrected chi connectivity index (χ4v) is 2.95. The van der Waals surface area contributed by atoms with Crippen molar-refractivity contribution in [3.63, 3.8) is 0 Å². The van der Waals surface area contributed by atoms with E-state index in [1.54, 1.807) is 18.4 Å². The molecule has 0 saturated carbocycles. The highest BCUT2D eigenvalue weighted by molar-refractivity contribution is 7.13. The zero-order valence-corrected chi connectivity index (χ0v) is 14.7. The minimum atomic E-state index is 0.00816. The predicted molar refractivity (Wildman–Crippen MR) is 95.6 cm³/mol. The van der Waals surface area contributed by atoms with Crippen LogP contribution < -0.4 is 10.1 Å². The number of rotatable bonds is 8. The maximum atomic E-state index is 11.9. The summed E-state index contributed by atoms with van der Waals surface area (Å²) in [5.41, 5.74) is 1.11. The molecule has 0 aliphatic rings. The van der Waals surface area contributed by atoms with Crippen molar-refractivity contribution in [3.8, 4) is 16.5 Å². The van der Waals surface area contributed by atoms with Crippen molar-refractivity contribution in [1.29, 1.82) is 0 Å². The van der Waals surface area contributed by atoms with E-state index in [4.69, 9.17) is 9.15 Å². The van der Waals surface area contributed by atoms with Crippen LogP contribution in [0.1, 0.15) is 17.9 Å². The number of methoxy groups -OCH3 is 1. The van der Waals surface area contributed by atoms with Crippen LogP contribution >= 0.6 is 11.3 Å². The van der Waals surface area contributed by atoms with E-state index in [9.17, 15) is 4.79 Å². The number of nitrogens with one attached hydrogen (secondary N) is 1. The predicted octanol–water partition coefficient (Wildman–Crippen LogP) is 3.10. The largest absolute Gasteiger partial charge is 0.497 e. The third kappa shape index (κ3) is 4.90. The number of amides is 1. The second kappa shape index (κ2) is 8.43. The van der Waals surface area contributed by atoms with E-state index in [0.717, 1.165) is 16.2 Å². The summed E-state index contributed by atoms with van der Waals surface area (Å²) in [6, 6.07) is 11.6. The van der Waals surface area contributed by atoms with Gasteiger partial charge in [0.1, 0.15) is 5.75 Å². The van der Waals surface area contributed by atoms with Crippen LogP contribution in [-0.4, -0.2) is 29.8 Å². The van der Waals surface area contributed by atoms with Crippen molar-refractivity contribution in [2.75, 3.05) is 13.7 Å². The number of hydrogen-bond donors (Lipinski definition) is 1. The van der Waals surface area contributed by atoms with Crippen LogP contribution in [0.15, 0.2) is 46.2 Å². The Bertz CT molecular complexity index is 797. The average Bonchev–Trinajstić information content (AvgIpc) is 3.32. The van der Waals surface area contributed by atoms with Gasteiger partial charge in [-0.1, -0.05) is 18.2 Å². The number of benzene rings is 1. The summed E-state index contributed by atoms with van der Waals surface area (Å²) in [5.74, 6) is 1.87. The summed E-state index contributed by atoms with van der Waals surface area (Å²) >= 11 is 1.55. The first kappa shape index (κ1) is 17.2. The first-order chi connectivity index (χ1) is 12.2. The van der Waals surface area contributed by atoms with Gasteiger partial charge in [0.2, 0.25) is 11.8 Å². The molecule has 0 unspecified atom stereocenters. The van der Waals surface area contributed by atoms with Gasteiger partial charge in [-0.05, 0) is 35.6 Å². The van der Waals surface area contributed by atoms with Gasteiger partial charge < -0.3 is 14.5 Å². The standard InChI is InChI=1S/C18H19N3O3S/c1-23-14-7-4-13(5-8-14)6-9-16(22)19-11-10-17-20-21-18(24-17)15-3-2-12-25-15/h2-5,7-8,12H,6,9-11H2,1H3,(H,19,22). The lowest BCUT2D eigenvalue weighted by Gasteiger charge is -2.05. The Labute approximate surface area is 149 Å². The smallest absolute Gasteiger partial charge is 0.257 e. The summed E-state index contributed by atoms with van der Waals surface area (Å²) in [6.07, 6.45) is 1.65. The molecule has 7 heteroatoms. The molecule has 3 rings (SSSR count).